The number of carbonyl (C=O) groups excluding carboxylic acids is 1. The third-order valence-corrected chi connectivity index (χ3v) is 7.34. The van der Waals surface area contributed by atoms with E-state index < -0.39 is 5.54 Å². The van der Waals surface area contributed by atoms with Crippen molar-refractivity contribution >= 4 is 6.09 Å². The molecule has 0 aromatic heterocycles. The first kappa shape index (κ1) is 25.7. The maximum absolute atomic E-state index is 13.1. The van der Waals surface area contributed by atoms with Crippen molar-refractivity contribution < 1.29 is 14.3 Å². The quantitative estimate of drug-likeness (QED) is 0.298. The second kappa shape index (κ2) is 12.1. The topological polar surface area (TPSA) is 50.8 Å². The lowest BCUT2D eigenvalue weighted by molar-refractivity contribution is 0.00252. The van der Waals surface area contributed by atoms with Crippen LogP contribution < -0.4 is 5.32 Å². The number of amides is 1. The zero-order valence-electron chi connectivity index (χ0n) is 21.7. The summed E-state index contributed by atoms with van der Waals surface area (Å²) >= 11 is 0. The molecule has 5 heteroatoms. The summed E-state index contributed by atoms with van der Waals surface area (Å²) in [4.78, 5) is 14.9. The number of piperidine rings is 1. The Morgan fingerprint density at radius 2 is 1.26 bits per heavy atom. The lowest BCUT2D eigenvalue weighted by atomic mass is 9.76. The summed E-state index contributed by atoms with van der Waals surface area (Å²) in [5.41, 5.74) is 3.68. The molecule has 1 aliphatic rings. The van der Waals surface area contributed by atoms with E-state index in [2.05, 4.69) is 78.1 Å². The lowest BCUT2D eigenvalue weighted by Crippen LogP contribution is -2.61. The number of hydrogen-bond donors (Lipinski definition) is 1. The Bertz CT molecular complexity index is 1190. The van der Waals surface area contributed by atoms with Gasteiger partial charge in [-0.25, -0.2) is 4.79 Å². The zero-order valence-corrected chi connectivity index (χ0v) is 21.7. The molecular weight excluding hydrogens is 472 g/mol. The highest BCUT2D eigenvalue weighted by atomic mass is 16.6. The van der Waals surface area contributed by atoms with Crippen LogP contribution in [0.1, 0.15) is 28.7 Å². The number of nitrogens with zero attached hydrogens (tertiary/aromatic N) is 1. The Morgan fingerprint density at radius 1 is 0.789 bits per heavy atom. The molecule has 5 nitrogen and oxygen atoms in total. The normalized spacial score (nSPS) is 17.7. The van der Waals surface area contributed by atoms with Crippen molar-refractivity contribution in [2.75, 3.05) is 20.2 Å². The van der Waals surface area contributed by atoms with Crippen molar-refractivity contribution in [1.29, 1.82) is 0 Å². The Hall–Kier alpha value is -3.93. The molecule has 0 aliphatic carbocycles. The number of benzene rings is 4. The van der Waals surface area contributed by atoms with Gasteiger partial charge in [0.25, 0.3) is 0 Å². The van der Waals surface area contributed by atoms with E-state index >= 15 is 0 Å². The van der Waals surface area contributed by atoms with Crippen LogP contribution in [0.15, 0.2) is 121 Å². The smallest absolute Gasteiger partial charge is 0.410 e. The fourth-order valence-corrected chi connectivity index (χ4v) is 5.42. The van der Waals surface area contributed by atoms with Gasteiger partial charge in [-0.1, -0.05) is 121 Å². The molecule has 0 radical (unpaired) electrons. The molecule has 1 heterocycles. The van der Waals surface area contributed by atoms with E-state index in [1.807, 2.05) is 48.5 Å². The molecule has 1 aliphatic heterocycles. The Kier molecular flexibility index (Phi) is 8.17. The molecule has 5 rings (SSSR count). The summed E-state index contributed by atoms with van der Waals surface area (Å²) in [6.45, 7) is 1.31. The van der Waals surface area contributed by atoms with Gasteiger partial charge in [-0.2, -0.15) is 0 Å². The van der Waals surface area contributed by atoms with Crippen LogP contribution in [0.25, 0.3) is 0 Å². The number of rotatable bonds is 8. The van der Waals surface area contributed by atoms with Crippen LogP contribution in [0, 0.1) is 0 Å². The van der Waals surface area contributed by atoms with E-state index in [1.54, 1.807) is 12.0 Å². The molecule has 194 valence electrons. The minimum atomic E-state index is -0.651. The van der Waals surface area contributed by atoms with Gasteiger partial charge in [-0.05, 0) is 28.7 Å². The molecule has 0 unspecified atom stereocenters. The molecule has 1 amide bonds. The number of ether oxygens (including phenoxy) is 2. The monoisotopic (exact) mass is 506 g/mol. The van der Waals surface area contributed by atoms with Crippen molar-refractivity contribution in [3.8, 4) is 0 Å². The van der Waals surface area contributed by atoms with E-state index in [0.29, 0.717) is 19.5 Å². The average molecular weight is 507 g/mol. The maximum Gasteiger partial charge on any atom is 0.410 e. The average Bonchev–Trinajstić information content (AvgIpc) is 3.00. The fourth-order valence-electron chi connectivity index (χ4n) is 5.42. The van der Waals surface area contributed by atoms with Crippen LogP contribution in [0.5, 0.6) is 0 Å². The second-order valence-electron chi connectivity index (χ2n) is 9.65. The molecule has 1 saturated heterocycles. The second-order valence-corrected chi connectivity index (χ2v) is 9.65. The van der Waals surface area contributed by atoms with Crippen LogP contribution >= 0.6 is 0 Å². The van der Waals surface area contributed by atoms with Gasteiger partial charge >= 0.3 is 6.09 Å². The van der Waals surface area contributed by atoms with E-state index in [0.717, 1.165) is 22.3 Å². The van der Waals surface area contributed by atoms with Gasteiger partial charge in [0.1, 0.15) is 6.61 Å². The van der Waals surface area contributed by atoms with E-state index in [1.165, 1.54) is 0 Å². The Morgan fingerprint density at radius 3 is 1.74 bits per heavy atom. The van der Waals surface area contributed by atoms with Crippen molar-refractivity contribution in [2.24, 2.45) is 0 Å². The van der Waals surface area contributed by atoms with Crippen molar-refractivity contribution in [3.05, 3.63) is 144 Å². The van der Waals surface area contributed by atoms with Gasteiger partial charge in [0.2, 0.25) is 0 Å². The highest BCUT2D eigenvalue weighted by Gasteiger charge is 2.42. The molecular formula is C33H34N2O3. The van der Waals surface area contributed by atoms with Crippen molar-refractivity contribution in [3.63, 3.8) is 0 Å². The first-order valence-corrected chi connectivity index (χ1v) is 13.1. The summed E-state index contributed by atoms with van der Waals surface area (Å²) in [5.74, 6) is 0. The van der Waals surface area contributed by atoms with Gasteiger partial charge in [0.05, 0.1) is 17.7 Å². The highest BCUT2D eigenvalue weighted by molar-refractivity contribution is 5.68. The molecule has 4 aromatic carbocycles. The first-order chi connectivity index (χ1) is 18.7. The highest BCUT2D eigenvalue weighted by Crippen LogP contribution is 2.38. The zero-order chi connectivity index (χ0) is 26.2. The lowest BCUT2D eigenvalue weighted by Gasteiger charge is -2.45. The molecule has 38 heavy (non-hydrogen) atoms. The van der Waals surface area contributed by atoms with E-state index in [4.69, 9.17) is 9.47 Å². The molecule has 2 atom stereocenters. The summed E-state index contributed by atoms with van der Waals surface area (Å²) in [7, 11) is 1.75. The molecule has 0 saturated carbocycles. The van der Waals surface area contributed by atoms with Crippen LogP contribution in [0.4, 0.5) is 4.79 Å². The van der Waals surface area contributed by atoms with Crippen molar-refractivity contribution in [1.82, 2.24) is 10.2 Å². The Labute approximate surface area is 225 Å². The third kappa shape index (κ3) is 5.49. The predicted octanol–water partition coefficient (Wildman–Crippen LogP) is 5.99. The Balaban J connectivity index is 1.49. The first-order valence-electron chi connectivity index (χ1n) is 13.1. The van der Waals surface area contributed by atoms with E-state index in [9.17, 15) is 4.79 Å². The van der Waals surface area contributed by atoms with Crippen LogP contribution in [-0.4, -0.2) is 43.3 Å². The van der Waals surface area contributed by atoms with Gasteiger partial charge in [0.15, 0.2) is 0 Å². The van der Waals surface area contributed by atoms with Crippen LogP contribution in [0.2, 0.25) is 0 Å². The van der Waals surface area contributed by atoms with Gasteiger partial charge in [0, 0.05) is 20.2 Å². The number of carbonyl (C=O) groups is 1. The SMILES string of the molecule is CO[C@@H]1CCN(C(=O)OCc2ccccc2)C[C@@H]1NC(c1ccccc1)(c1ccccc1)c1ccccc1. The van der Waals surface area contributed by atoms with Gasteiger partial charge in [-0.3, -0.25) is 5.32 Å². The van der Waals surface area contributed by atoms with Crippen LogP contribution in [0.3, 0.4) is 0 Å². The molecule has 1 fully saturated rings. The minimum absolute atomic E-state index is 0.0660. The minimum Gasteiger partial charge on any atom is -0.445 e. The number of methoxy groups -OCH3 is 1. The number of likely N-dealkylation sites (tertiary alicyclic amines) is 1. The van der Waals surface area contributed by atoms with Gasteiger partial charge in [-0.15, -0.1) is 0 Å². The van der Waals surface area contributed by atoms with Gasteiger partial charge < -0.3 is 14.4 Å². The molecule has 0 bridgehead atoms. The number of nitrogens with one attached hydrogen (secondary N) is 1. The molecule has 4 aromatic rings. The summed E-state index contributed by atoms with van der Waals surface area (Å²) in [6.07, 6.45) is 0.340. The summed E-state index contributed by atoms with van der Waals surface area (Å²) in [5, 5.41) is 4.00. The fraction of sp³-hybridized carbons (Fsp3) is 0.242. The standard InChI is InChI=1S/C33H34N2O3/c1-37-31-22-23-35(32(36)38-25-26-14-6-2-7-15-26)24-30(31)34-33(27-16-8-3-9-17-27,28-18-10-4-11-19-28)29-20-12-5-13-21-29/h2-21,30-31,34H,22-25H2,1H3/t30-,31+/m0/s1. The predicted molar refractivity (Wildman–Crippen MR) is 150 cm³/mol. The largest absolute Gasteiger partial charge is 0.445 e. The number of hydrogen-bond acceptors (Lipinski definition) is 4. The molecule has 1 N–H and O–H groups in total. The van der Waals surface area contributed by atoms with Crippen molar-refractivity contribution in [2.45, 2.75) is 30.7 Å². The summed E-state index contributed by atoms with van der Waals surface area (Å²) < 4.78 is 11.7. The van der Waals surface area contributed by atoms with E-state index in [-0.39, 0.29) is 24.8 Å². The third-order valence-electron chi connectivity index (χ3n) is 7.34. The summed E-state index contributed by atoms with van der Waals surface area (Å²) in [6, 6.07) is 41.1. The molecule has 0 spiro atoms. The maximum atomic E-state index is 13.1. The van der Waals surface area contributed by atoms with Crippen LogP contribution in [-0.2, 0) is 21.6 Å².